The van der Waals surface area contributed by atoms with Crippen LogP contribution in [0.2, 0.25) is 0 Å². The first kappa shape index (κ1) is 12.6. The standard InChI is InChI=1S/C14H19NO/c1-3-4-5-8-13(12(2)16)11-14-9-6-7-10-15-14/h6-7,9-11H,3-5,8H2,1-2H3/b13-11+. The second-order valence-corrected chi connectivity index (χ2v) is 3.94. The Morgan fingerprint density at radius 2 is 2.19 bits per heavy atom. The number of aromatic nitrogens is 1. The van der Waals surface area contributed by atoms with E-state index in [1.165, 1.54) is 12.8 Å². The van der Waals surface area contributed by atoms with Gasteiger partial charge in [0.25, 0.3) is 0 Å². The quantitative estimate of drug-likeness (QED) is 0.538. The van der Waals surface area contributed by atoms with Gasteiger partial charge < -0.3 is 0 Å². The molecule has 0 fully saturated rings. The van der Waals surface area contributed by atoms with E-state index >= 15 is 0 Å². The molecular weight excluding hydrogens is 198 g/mol. The Hall–Kier alpha value is -1.44. The van der Waals surface area contributed by atoms with Gasteiger partial charge in [-0.2, -0.15) is 0 Å². The van der Waals surface area contributed by atoms with Crippen molar-refractivity contribution in [3.05, 3.63) is 35.7 Å². The lowest BCUT2D eigenvalue weighted by Gasteiger charge is -2.03. The highest BCUT2D eigenvalue weighted by atomic mass is 16.1. The Kier molecular flexibility index (Phi) is 5.48. The van der Waals surface area contributed by atoms with Gasteiger partial charge >= 0.3 is 0 Å². The number of hydrogen-bond donors (Lipinski definition) is 0. The van der Waals surface area contributed by atoms with E-state index in [2.05, 4.69) is 11.9 Å². The van der Waals surface area contributed by atoms with E-state index in [1.807, 2.05) is 24.3 Å². The van der Waals surface area contributed by atoms with Gasteiger partial charge in [0.05, 0.1) is 5.69 Å². The topological polar surface area (TPSA) is 30.0 Å². The number of unbranched alkanes of at least 4 members (excludes halogenated alkanes) is 2. The van der Waals surface area contributed by atoms with E-state index in [0.717, 1.165) is 24.1 Å². The zero-order chi connectivity index (χ0) is 11.8. The van der Waals surface area contributed by atoms with Crippen molar-refractivity contribution in [2.75, 3.05) is 0 Å². The van der Waals surface area contributed by atoms with Gasteiger partial charge in [-0.15, -0.1) is 0 Å². The summed E-state index contributed by atoms with van der Waals surface area (Å²) in [5.41, 5.74) is 1.75. The van der Waals surface area contributed by atoms with Crippen molar-refractivity contribution < 1.29 is 4.79 Å². The summed E-state index contributed by atoms with van der Waals surface area (Å²) in [6.07, 6.45) is 7.93. The second kappa shape index (κ2) is 6.94. The summed E-state index contributed by atoms with van der Waals surface area (Å²) in [5, 5.41) is 0. The minimum absolute atomic E-state index is 0.154. The summed E-state index contributed by atoms with van der Waals surface area (Å²) in [6, 6.07) is 5.73. The van der Waals surface area contributed by atoms with Crippen molar-refractivity contribution in [1.29, 1.82) is 0 Å². The van der Waals surface area contributed by atoms with Crippen LogP contribution in [0, 0.1) is 0 Å². The van der Waals surface area contributed by atoms with Gasteiger partial charge in [-0.25, -0.2) is 0 Å². The predicted molar refractivity (Wildman–Crippen MR) is 67.0 cm³/mol. The third-order valence-corrected chi connectivity index (χ3v) is 2.51. The minimum Gasteiger partial charge on any atom is -0.295 e. The van der Waals surface area contributed by atoms with E-state index in [1.54, 1.807) is 13.1 Å². The maximum Gasteiger partial charge on any atom is 0.155 e. The van der Waals surface area contributed by atoms with Crippen LogP contribution in [0.4, 0.5) is 0 Å². The van der Waals surface area contributed by atoms with Crippen molar-refractivity contribution in [2.24, 2.45) is 0 Å². The number of hydrogen-bond acceptors (Lipinski definition) is 2. The third-order valence-electron chi connectivity index (χ3n) is 2.51. The van der Waals surface area contributed by atoms with Gasteiger partial charge in [-0.1, -0.05) is 25.8 Å². The Morgan fingerprint density at radius 1 is 1.38 bits per heavy atom. The number of carbonyl (C=O) groups is 1. The lowest BCUT2D eigenvalue weighted by atomic mass is 10.0. The van der Waals surface area contributed by atoms with Crippen LogP contribution in [0.25, 0.3) is 6.08 Å². The van der Waals surface area contributed by atoms with Gasteiger partial charge in [0.2, 0.25) is 0 Å². The largest absolute Gasteiger partial charge is 0.295 e. The fourth-order valence-corrected chi connectivity index (χ4v) is 1.56. The van der Waals surface area contributed by atoms with Crippen molar-refractivity contribution in [3.63, 3.8) is 0 Å². The Morgan fingerprint density at radius 3 is 2.75 bits per heavy atom. The van der Waals surface area contributed by atoms with Crippen molar-refractivity contribution in [3.8, 4) is 0 Å². The highest BCUT2D eigenvalue weighted by Crippen LogP contribution is 2.13. The average molecular weight is 217 g/mol. The normalized spacial score (nSPS) is 11.5. The molecule has 0 aliphatic carbocycles. The lowest BCUT2D eigenvalue weighted by Crippen LogP contribution is -1.97. The molecule has 1 rings (SSSR count). The number of carbonyl (C=O) groups excluding carboxylic acids is 1. The van der Waals surface area contributed by atoms with E-state index in [0.29, 0.717) is 0 Å². The van der Waals surface area contributed by atoms with E-state index in [4.69, 9.17) is 0 Å². The fourth-order valence-electron chi connectivity index (χ4n) is 1.56. The number of rotatable bonds is 6. The van der Waals surface area contributed by atoms with Gasteiger partial charge in [-0.05, 0) is 43.5 Å². The molecular formula is C14H19NO. The summed E-state index contributed by atoms with van der Waals surface area (Å²) >= 11 is 0. The molecule has 0 bridgehead atoms. The van der Waals surface area contributed by atoms with Crippen LogP contribution in [0.3, 0.4) is 0 Å². The summed E-state index contributed by atoms with van der Waals surface area (Å²) in [5.74, 6) is 0.154. The zero-order valence-electron chi connectivity index (χ0n) is 10.1. The van der Waals surface area contributed by atoms with Gasteiger partial charge in [0.15, 0.2) is 5.78 Å². The number of pyridine rings is 1. The first-order valence-corrected chi connectivity index (χ1v) is 5.86. The molecule has 0 saturated heterocycles. The molecule has 2 heteroatoms. The van der Waals surface area contributed by atoms with Crippen LogP contribution in [0.15, 0.2) is 30.0 Å². The highest BCUT2D eigenvalue weighted by Gasteiger charge is 2.03. The maximum absolute atomic E-state index is 11.4. The van der Waals surface area contributed by atoms with Crippen LogP contribution in [0.1, 0.15) is 45.2 Å². The summed E-state index contributed by atoms with van der Waals surface area (Å²) < 4.78 is 0. The second-order valence-electron chi connectivity index (χ2n) is 3.94. The van der Waals surface area contributed by atoms with E-state index in [9.17, 15) is 4.79 Å². The van der Waals surface area contributed by atoms with Crippen LogP contribution in [-0.2, 0) is 4.79 Å². The Balaban J connectivity index is 2.70. The van der Waals surface area contributed by atoms with Crippen LogP contribution >= 0.6 is 0 Å². The summed E-state index contributed by atoms with van der Waals surface area (Å²) in [6.45, 7) is 3.79. The molecule has 86 valence electrons. The predicted octanol–water partition coefficient (Wildman–Crippen LogP) is 3.63. The molecule has 0 spiro atoms. The van der Waals surface area contributed by atoms with Crippen LogP contribution in [0.5, 0.6) is 0 Å². The number of allylic oxidation sites excluding steroid dienone is 1. The van der Waals surface area contributed by atoms with Gasteiger partial charge in [0.1, 0.15) is 0 Å². The molecule has 0 radical (unpaired) electrons. The van der Waals surface area contributed by atoms with E-state index in [-0.39, 0.29) is 5.78 Å². The smallest absolute Gasteiger partial charge is 0.155 e. The molecule has 0 aromatic carbocycles. The number of Topliss-reactive ketones (excluding diaryl/α,β-unsaturated/α-hetero) is 1. The molecule has 0 unspecified atom stereocenters. The Bertz CT molecular complexity index is 354. The lowest BCUT2D eigenvalue weighted by molar-refractivity contribution is -0.113. The molecule has 1 aromatic rings. The summed E-state index contributed by atoms with van der Waals surface area (Å²) in [4.78, 5) is 15.6. The summed E-state index contributed by atoms with van der Waals surface area (Å²) in [7, 11) is 0. The molecule has 16 heavy (non-hydrogen) atoms. The minimum atomic E-state index is 0.154. The zero-order valence-corrected chi connectivity index (χ0v) is 10.1. The van der Waals surface area contributed by atoms with Gasteiger partial charge in [0, 0.05) is 6.20 Å². The molecule has 2 nitrogen and oxygen atoms in total. The molecule has 0 saturated carbocycles. The van der Waals surface area contributed by atoms with E-state index < -0.39 is 0 Å². The van der Waals surface area contributed by atoms with Gasteiger partial charge in [-0.3, -0.25) is 9.78 Å². The molecule has 0 atom stereocenters. The molecule has 1 heterocycles. The monoisotopic (exact) mass is 217 g/mol. The molecule has 0 N–H and O–H groups in total. The maximum atomic E-state index is 11.4. The molecule has 0 amide bonds. The first-order chi connectivity index (χ1) is 7.74. The first-order valence-electron chi connectivity index (χ1n) is 5.86. The van der Waals surface area contributed by atoms with Crippen LogP contribution in [-0.4, -0.2) is 10.8 Å². The van der Waals surface area contributed by atoms with Crippen molar-refractivity contribution in [2.45, 2.75) is 39.5 Å². The highest BCUT2D eigenvalue weighted by molar-refractivity contribution is 5.97. The SMILES string of the molecule is CCCCC/C(=C\c1ccccn1)C(C)=O. The third kappa shape index (κ3) is 4.39. The number of ketones is 1. The number of nitrogens with zero attached hydrogens (tertiary/aromatic N) is 1. The van der Waals surface area contributed by atoms with Crippen molar-refractivity contribution >= 4 is 11.9 Å². The fraction of sp³-hybridized carbons (Fsp3) is 0.429. The molecule has 0 aliphatic heterocycles. The van der Waals surface area contributed by atoms with Crippen LogP contribution < -0.4 is 0 Å². The molecule has 1 aromatic heterocycles. The Labute approximate surface area is 97.4 Å². The molecule has 0 aliphatic rings. The van der Waals surface area contributed by atoms with Crippen molar-refractivity contribution in [1.82, 2.24) is 4.98 Å². The average Bonchev–Trinajstić information content (AvgIpc) is 2.29.